The van der Waals surface area contributed by atoms with E-state index in [1.807, 2.05) is 0 Å². The summed E-state index contributed by atoms with van der Waals surface area (Å²) in [7, 11) is 0. The number of nitrogens with zero attached hydrogens (tertiary/aromatic N) is 1. The Bertz CT molecular complexity index is 337. The lowest BCUT2D eigenvalue weighted by Crippen LogP contribution is -2.14. The summed E-state index contributed by atoms with van der Waals surface area (Å²) in [5.74, 6) is 0.486. The summed E-state index contributed by atoms with van der Waals surface area (Å²) in [5.41, 5.74) is 1.23. The van der Waals surface area contributed by atoms with Gasteiger partial charge in [-0.25, -0.2) is 4.98 Å². The number of rotatable bonds is 9. The molecule has 0 bridgehead atoms. The van der Waals surface area contributed by atoms with Gasteiger partial charge < -0.3 is 10.1 Å². The van der Waals surface area contributed by atoms with Crippen molar-refractivity contribution in [2.75, 3.05) is 13.2 Å². The van der Waals surface area contributed by atoms with Crippen molar-refractivity contribution in [3.63, 3.8) is 0 Å². The van der Waals surface area contributed by atoms with Gasteiger partial charge in [0.1, 0.15) is 5.01 Å². The van der Waals surface area contributed by atoms with Crippen LogP contribution in [0, 0.1) is 0 Å². The van der Waals surface area contributed by atoms with Crippen molar-refractivity contribution < 1.29 is 4.74 Å². The van der Waals surface area contributed by atoms with Crippen LogP contribution in [0.15, 0.2) is 0 Å². The van der Waals surface area contributed by atoms with Gasteiger partial charge >= 0.3 is 0 Å². The van der Waals surface area contributed by atoms with Gasteiger partial charge in [0.05, 0.1) is 12.3 Å². The molecule has 18 heavy (non-hydrogen) atoms. The molecule has 0 fully saturated rings. The number of nitrogens with one attached hydrogen (secondary N) is 1. The van der Waals surface area contributed by atoms with E-state index < -0.39 is 0 Å². The van der Waals surface area contributed by atoms with Gasteiger partial charge in [0, 0.05) is 18.0 Å². The lowest BCUT2D eigenvalue weighted by Gasteiger charge is -2.05. The van der Waals surface area contributed by atoms with Crippen molar-refractivity contribution in [1.82, 2.24) is 10.3 Å². The Morgan fingerprint density at radius 2 is 2.06 bits per heavy atom. The predicted molar refractivity (Wildman–Crippen MR) is 78.1 cm³/mol. The highest BCUT2D eigenvalue weighted by atomic mass is 32.1. The van der Waals surface area contributed by atoms with Crippen LogP contribution >= 0.6 is 11.3 Å². The maximum absolute atomic E-state index is 5.57. The zero-order chi connectivity index (χ0) is 13.4. The van der Waals surface area contributed by atoms with Crippen molar-refractivity contribution in [3.8, 4) is 0 Å². The third-order valence-corrected chi connectivity index (χ3v) is 3.65. The maximum Gasteiger partial charge on any atom is 0.119 e. The summed E-state index contributed by atoms with van der Waals surface area (Å²) in [6.45, 7) is 12.2. The minimum absolute atomic E-state index is 0.486. The molecular weight excluding hydrogens is 244 g/mol. The van der Waals surface area contributed by atoms with E-state index in [0.717, 1.165) is 31.1 Å². The molecule has 1 rings (SSSR count). The van der Waals surface area contributed by atoms with Gasteiger partial charge in [-0.05, 0) is 25.3 Å². The van der Waals surface area contributed by atoms with Crippen molar-refractivity contribution in [1.29, 1.82) is 0 Å². The molecule has 0 amide bonds. The van der Waals surface area contributed by atoms with Gasteiger partial charge in [-0.1, -0.05) is 27.7 Å². The number of thiazole rings is 1. The number of ether oxygens (including phenoxy) is 1. The molecule has 0 aliphatic carbocycles. The highest BCUT2D eigenvalue weighted by Crippen LogP contribution is 2.25. The SMILES string of the molecule is CCCNCc1sc(COCCC)nc1C(C)C. The van der Waals surface area contributed by atoms with Crippen LogP contribution in [0.2, 0.25) is 0 Å². The van der Waals surface area contributed by atoms with E-state index in [1.54, 1.807) is 11.3 Å². The second kappa shape index (κ2) is 8.62. The minimum atomic E-state index is 0.486. The average molecular weight is 270 g/mol. The van der Waals surface area contributed by atoms with Crippen LogP contribution in [0.5, 0.6) is 0 Å². The summed E-state index contributed by atoms with van der Waals surface area (Å²) in [6.07, 6.45) is 2.23. The molecule has 0 atom stereocenters. The molecule has 1 heterocycles. The summed E-state index contributed by atoms with van der Waals surface area (Å²) in [5, 5.41) is 4.57. The van der Waals surface area contributed by atoms with Gasteiger partial charge in [-0.15, -0.1) is 11.3 Å². The number of hydrogen-bond acceptors (Lipinski definition) is 4. The first kappa shape index (κ1) is 15.6. The second-order valence-electron chi connectivity index (χ2n) is 4.80. The van der Waals surface area contributed by atoms with E-state index in [9.17, 15) is 0 Å². The molecule has 0 aliphatic heterocycles. The molecule has 1 aromatic heterocycles. The molecule has 1 N–H and O–H groups in total. The fraction of sp³-hybridized carbons (Fsp3) is 0.786. The highest BCUT2D eigenvalue weighted by Gasteiger charge is 2.13. The molecule has 0 radical (unpaired) electrons. The average Bonchev–Trinajstić information content (AvgIpc) is 2.73. The van der Waals surface area contributed by atoms with Crippen LogP contribution < -0.4 is 5.32 Å². The molecule has 0 aromatic carbocycles. The first-order chi connectivity index (χ1) is 8.69. The fourth-order valence-electron chi connectivity index (χ4n) is 1.74. The number of aromatic nitrogens is 1. The third kappa shape index (κ3) is 5.04. The van der Waals surface area contributed by atoms with Crippen LogP contribution in [-0.2, 0) is 17.9 Å². The van der Waals surface area contributed by atoms with E-state index in [-0.39, 0.29) is 0 Å². The summed E-state index contributed by atoms with van der Waals surface area (Å²) in [4.78, 5) is 6.08. The molecule has 0 saturated carbocycles. The van der Waals surface area contributed by atoms with Crippen LogP contribution in [0.4, 0.5) is 0 Å². The van der Waals surface area contributed by atoms with Crippen LogP contribution in [0.25, 0.3) is 0 Å². The van der Waals surface area contributed by atoms with Crippen LogP contribution in [0.1, 0.15) is 62.0 Å². The molecule has 4 heteroatoms. The lowest BCUT2D eigenvalue weighted by molar-refractivity contribution is 0.121. The van der Waals surface area contributed by atoms with E-state index in [4.69, 9.17) is 9.72 Å². The summed E-state index contributed by atoms with van der Waals surface area (Å²) in [6, 6.07) is 0. The van der Waals surface area contributed by atoms with Crippen LogP contribution in [0.3, 0.4) is 0 Å². The topological polar surface area (TPSA) is 34.1 Å². The van der Waals surface area contributed by atoms with Gasteiger partial charge in [-0.2, -0.15) is 0 Å². The Balaban J connectivity index is 2.61. The quantitative estimate of drug-likeness (QED) is 0.695. The normalized spacial score (nSPS) is 11.4. The fourth-order valence-corrected chi connectivity index (χ4v) is 2.87. The minimum Gasteiger partial charge on any atom is -0.374 e. The third-order valence-electron chi connectivity index (χ3n) is 2.61. The molecule has 3 nitrogen and oxygen atoms in total. The summed E-state index contributed by atoms with van der Waals surface area (Å²) < 4.78 is 5.57. The molecule has 1 aromatic rings. The van der Waals surface area contributed by atoms with E-state index in [0.29, 0.717) is 12.5 Å². The second-order valence-corrected chi connectivity index (χ2v) is 5.97. The Kier molecular flexibility index (Phi) is 7.47. The van der Waals surface area contributed by atoms with Crippen molar-refractivity contribution in [2.45, 2.75) is 59.6 Å². The zero-order valence-electron chi connectivity index (χ0n) is 12.1. The van der Waals surface area contributed by atoms with Gasteiger partial charge in [-0.3, -0.25) is 0 Å². The van der Waals surface area contributed by atoms with Crippen molar-refractivity contribution in [3.05, 3.63) is 15.6 Å². The first-order valence-corrected chi connectivity index (χ1v) is 7.77. The first-order valence-electron chi connectivity index (χ1n) is 6.95. The van der Waals surface area contributed by atoms with Crippen LogP contribution in [-0.4, -0.2) is 18.1 Å². The van der Waals surface area contributed by atoms with Gasteiger partial charge in [0.15, 0.2) is 0 Å². The lowest BCUT2D eigenvalue weighted by atomic mass is 10.1. The molecule has 104 valence electrons. The Labute approximate surface area is 115 Å². The Morgan fingerprint density at radius 3 is 2.67 bits per heavy atom. The van der Waals surface area contributed by atoms with E-state index in [2.05, 4.69) is 33.0 Å². The van der Waals surface area contributed by atoms with Gasteiger partial charge in [0.25, 0.3) is 0 Å². The standard InChI is InChI=1S/C14H26N2OS/c1-5-7-15-9-12-14(11(3)4)16-13(18-12)10-17-8-6-2/h11,15H,5-10H2,1-4H3. The van der Waals surface area contributed by atoms with Gasteiger partial charge in [0.2, 0.25) is 0 Å². The predicted octanol–water partition coefficient (Wildman–Crippen LogP) is 3.69. The smallest absolute Gasteiger partial charge is 0.119 e. The molecule has 0 unspecified atom stereocenters. The molecule has 0 spiro atoms. The summed E-state index contributed by atoms with van der Waals surface area (Å²) >= 11 is 1.79. The Morgan fingerprint density at radius 1 is 1.28 bits per heavy atom. The monoisotopic (exact) mass is 270 g/mol. The van der Waals surface area contributed by atoms with Crippen molar-refractivity contribution >= 4 is 11.3 Å². The number of hydrogen-bond donors (Lipinski definition) is 1. The molecular formula is C14H26N2OS. The largest absolute Gasteiger partial charge is 0.374 e. The van der Waals surface area contributed by atoms with Crippen molar-refractivity contribution in [2.24, 2.45) is 0 Å². The molecule has 0 saturated heterocycles. The van der Waals surface area contributed by atoms with E-state index >= 15 is 0 Å². The highest BCUT2D eigenvalue weighted by molar-refractivity contribution is 7.11. The zero-order valence-corrected chi connectivity index (χ0v) is 12.9. The molecule has 0 aliphatic rings. The Hall–Kier alpha value is -0.450. The van der Waals surface area contributed by atoms with E-state index in [1.165, 1.54) is 17.0 Å². The maximum atomic E-state index is 5.57.